The van der Waals surface area contributed by atoms with Gasteiger partial charge in [0.15, 0.2) is 0 Å². The second-order valence-electron chi connectivity index (χ2n) is 8.24. The van der Waals surface area contributed by atoms with E-state index in [4.69, 9.17) is 4.74 Å². The molecule has 1 N–H and O–H groups in total. The van der Waals surface area contributed by atoms with Crippen molar-refractivity contribution < 1.29 is 14.5 Å². The summed E-state index contributed by atoms with van der Waals surface area (Å²) in [6.07, 6.45) is 2.18. The van der Waals surface area contributed by atoms with Crippen LogP contribution in [0, 0.1) is 10.1 Å². The van der Waals surface area contributed by atoms with Crippen molar-refractivity contribution >= 4 is 17.3 Å². The molecule has 1 amide bonds. The summed E-state index contributed by atoms with van der Waals surface area (Å²) < 4.78 is 7.03. The molecule has 9 nitrogen and oxygen atoms in total. The molecule has 3 aromatic carbocycles. The second kappa shape index (κ2) is 9.30. The molecule has 0 saturated carbocycles. The van der Waals surface area contributed by atoms with Gasteiger partial charge in [0.2, 0.25) is 0 Å². The number of benzene rings is 3. The monoisotopic (exact) mass is 469 g/mol. The molecular weight excluding hydrogens is 446 g/mol. The SMILES string of the molecule is COc1ccc([C@@H]2Nc3ccccc3C(=O)N2Cc2ccccc2)cc1Cn1cc([N+](=O)[O-])cn1. The number of methoxy groups -OCH3 is 1. The number of ether oxygens (including phenoxy) is 1. The summed E-state index contributed by atoms with van der Waals surface area (Å²) in [5.74, 6) is 0.567. The number of carbonyl (C=O) groups excluding carboxylic acids is 1. The molecule has 1 aromatic heterocycles. The fraction of sp³-hybridized carbons (Fsp3) is 0.154. The minimum atomic E-state index is -0.479. The van der Waals surface area contributed by atoms with Gasteiger partial charge >= 0.3 is 5.69 Å². The first kappa shape index (κ1) is 22.1. The van der Waals surface area contributed by atoms with E-state index in [0.29, 0.717) is 17.9 Å². The number of nitrogens with zero attached hydrogens (tertiary/aromatic N) is 4. The Morgan fingerprint density at radius 1 is 1.06 bits per heavy atom. The number of fused-ring (bicyclic) bond motifs is 1. The zero-order chi connectivity index (χ0) is 24.4. The Kier molecular flexibility index (Phi) is 5.88. The molecule has 35 heavy (non-hydrogen) atoms. The van der Waals surface area contributed by atoms with Crippen LogP contribution in [0.15, 0.2) is 85.2 Å². The fourth-order valence-corrected chi connectivity index (χ4v) is 4.30. The molecule has 4 aromatic rings. The van der Waals surface area contributed by atoms with E-state index in [0.717, 1.165) is 22.4 Å². The second-order valence-corrected chi connectivity index (χ2v) is 8.24. The summed E-state index contributed by atoms with van der Waals surface area (Å²) in [6.45, 7) is 0.708. The normalized spacial score (nSPS) is 14.8. The highest BCUT2D eigenvalue weighted by molar-refractivity contribution is 6.01. The number of hydrogen-bond acceptors (Lipinski definition) is 6. The maximum absolute atomic E-state index is 13.6. The van der Waals surface area contributed by atoms with Gasteiger partial charge in [-0.2, -0.15) is 5.10 Å². The van der Waals surface area contributed by atoms with Gasteiger partial charge in [0.25, 0.3) is 5.91 Å². The van der Waals surface area contributed by atoms with Gasteiger partial charge in [0.1, 0.15) is 24.3 Å². The lowest BCUT2D eigenvalue weighted by Gasteiger charge is -2.38. The van der Waals surface area contributed by atoms with Gasteiger partial charge in [-0.3, -0.25) is 19.6 Å². The van der Waals surface area contributed by atoms with Crippen LogP contribution in [-0.2, 0) is 13.1 Å². The van der Waals surface area contributed by atoms with E-state index in [1.165, 1.54) is 17.1 Å². The van der Waals surface area contributed by atoms with Crippen LogP contribution in [0.4, 0.5) is 11.4 Å². The molecule has 0 bridgehead atoms. The van der Waals surface area contributed by atoms with Crippen LogP contribution in [0.5, 0.6) is 5.75 Å². The first-order chi connectivity index (χ1) is 17.0. The van der Waals surface area contributed by atoms with Crippen molar-refractivity contribution in [2.75, 3.05) is 12.4 Å². The number of hydrogen-bond donors (Lipinski definition) is 1. The third-order valence-corrected chi connectivity index (χ3v) is 6.00. The minimum absolute atomic E-state index is 0.0618. The van der Waals surface area contributed by atoms with Crippen molar-refractivity contribution in [3.8, 4) is 5.75 Å². The van der Waals surface area contributed by atoms with Gasteiger partial charge in [0.05, 0.1) is 24.1 Å². The van der Waals surface area contributed by atoms with Gasteiger partial charge in [-0.15, -0.1) is 0 Å². The van der Waals surface area contributed by atoms with Gasteiger partial charge in [-0.05, 0) is 35.4 Å². The van der Waals surface area contributed by atoms with Crippen molar-refractivity contribution in [1.29, 1.82) is 0 Å². The molecule has 0 saturated heterocycles. The lowest BCUT2D eigenvalue weighted by Crippen LogP contribution is -2.42. The highest BCUT2D eigenvalue weighted by atomic mass is 16.6. The molecule has 0 radical (unpaired) electrons. The summed E-state index contributed by atoms with van der Waals surface area (Å²) in [6, 6.07) is 23.0. The molecule has 1 aliphatic heterocycles. The van der Waals surface area contributed by atoms with E-state index in [-0.39, 0.29) is 18.1 Å². The Morgan fingerprint density at radius 2 is 1.83 bits per heavy atom. The molecular formula is C26H23N5O4. The van der Waals surface area contributed by atoms with Crippen LogP contribution in [0.3, 0.4) is 0 Å². The number of anilines is 1. The van der Waals surface area contributed by atoms with Crippen molar-refractivity contribution in [3.05, 3.63) is 118 Å². The molecule has 9 heteroatoms. The van der Waals surface area contributed by atoms with Crippen molar-refractivity contribution in [1.82, 2.24) is 14.7 Å². The predicted molar refractivity (Wildman–Crippen MR) is 130 cm³/mol. The highest BCUT2D eigenvalue weighted by Gasteiger charge is 2.33. The summed E-state index contributed by atoms with van der Waals surface area (Å²) >= 11 is 0. The molecule has 1 atom stereocenters. The van der Waals surface area contributed by atoms with E-state index in [2.05, 4.69) is 10.4 Å². The number of amides is 1. The average Bonchev–Trinajstić information content (AvgIpc) is 3.35. The van der Waals surface area contributed by atoms with Crippen LogP contribution in [0.1, 0.15) is 33.2 Å². The number of aromatic nitrogens is 2. The summed E-state index contributed by atoms with van der Waals surface area (Å²) in [5.41, 5.74) is 3.98. The molecule has 0 unspecified atom stereocenters. The quantitative estimate of drug-likeness (QED) is 0.313. The van der Waals surface area contributed by atoms with E-state index >= 15 is 0 Å². The van der Waals surface area contributed by atoms with E-state index in [1.807, 2.05) is 77.7 Å². The first-order valence-corrected chi connectivity index (χ1v) is 11.1. The third kappa shape index (κ3) is 4.43. The number of para-hydroxylation sites is 1. The van der Waals surface area contributed by atoms with Gasteiger partial charge in [0, 0.05) is 17.8 Å². The molecule has 176 valence electrons. The number of carbonyl (C=O) groups is 1. The van der Waals surface area contributed by atoms with Crippen LogP contribution < -0.4 is 10.1 Å². The predicted octanol–water partition coefficient (Wildman–Crippen LogP) is 4.61. The maximum Gasteiger partial charge on any atom is 0.307 e. The maximum atomic E-state index is 13.6. The van der Waals surface area contributed by atoms with E-state index < -0.39 is 11.1 Å². The topological polar surface area (TPSA) is 103 Å². The van der Waals surface area contributed by atoms with Crippen molar-refractivity contribution in [2.45, 2.75) is 19.3 Å². The number of rotatable bonds is 7. The standard InChI is InChI=1S/C26H23N5O4/c1-35-24-12-11-19(13-20(24)16-29-17-21(14-27-29)31(33)34)25-28-23-10-6-5-9-22(23)26(32)30(25)15-18-7-3-2-4-8-18/h2-14,17,25,28H,15-16H2,1H3/t25-/m1/s1. The van der Waals surface area contributed by atoms with Crippen LogP contribution in [0.2, 0.25) is 0 Å². The Balaban J connectivity index is 1.53. The van der Waals surface area contributed by atoms with E-state index in [1.54, 1.807) is 7.11 Å². The highest BCUT2D eigenvalue weighted by Crippen LogP contribution is 2.36. The Hall–Kier alpha value is -4.66. The summed E-state index contributed by atoms with van der Waals surface area (Å²) in [5, 5.41) is 18.7. The molecule has 0 spiro atoms. The molecule has 5 rings (SSSR count). The molecule has 0 aliphatic carbocycles. The molecule has 1 aliphatic rings. The fourth-order valence-electron chi connectivity index (χ4n) is 4.30. The van der Waals surface area contributed by atoms with Crippen molar-refractivity contribution in [3.63, 3.8) is 0 Å². The zero-order valence-corrected chi connectivity index (χ0v) is 19.0. The minimum Gasteiger partial charge on any atom is -0.496 e. The van der Waals surface area contributed by atoms with Gasteiger partial charge in [-0.25, -0.2) is 0 Å². The Labute approximate surface area is 201 Å². The number of nitrogens with one attached hydrogen (secondary N) is 1. The van der Waals surface area contributed by atoms with Crippen LogP contribution >= 0.6 is 0 Å². The smallest absolute Gasteiger partial charge is 0.307 e. The Morgan fingerprint density at radius 3 is 2.57 bits per heavy atom. The van der Waals surface area contributed by atoms with Crippen molar-refractivity contribution in [2.24, 2.45) is 0 Å². The Bertz CT molecular complexity index is 1390. The van der Waals surface area contributed by atoms with E-state index in [9.17, 15) is 14.9 Å². The molecule has 0 fully saturated rings. The first-order valence-electron chi connectivity index (χ1n) is 11.1. The lowest BCUT2D eigenvalue weighted by atomic mass is 10.0. The summed E-state index contributed by atoms with van der Waals surface area (Å²) in [4.78, 5) is 25.9. The largest absolute Gasteiger partial charge is 0.496 e. The summed E-state index contributed by atoms with van der Waals surface area (Å²) in [7, 11) is 1.57. The lowest BCUT2D eigenvalue weighted by molar-refractivity contribution is -0.385. The van der Waals surface area contributed by atoms with Gasteiger partial charge < -0.3 is 15.0 Å². The number of nitro groups is 1. The van der Waals surface area contributed by atoms with Crippen LogP contribution in [0.25, 0.3) is 0 Å². The zero-order valence-electron chi connectivity index (χ0n) is 19.0. The van der Waals surface area contributed by atoms with Gasteiger partial charge in [-0.1, -0.05) is 48.5 Å². The average molecular weight is 470 g/mol. The molecule has 2 heterocycles. The third-order valence-electron chi connectivity index (χ3n) is 6.00. The van der Waals surface area contributed by atoms with Crippen LogP contribution in [-0.4, -0.2) is 32.6 Å².